The second kappa shape index (κ2) is 7.85. The zero-order valence-corrected chi connectivity index (χ0v) is 13.6. The van der Waals surface area contributed by atoms with E-state index in [2.05, 4.69) is 0 Å². The maximum absolute atomic E-state index is 1.58. The van der Waals surface area contributed by atoms with Crippen LogP contribution >= 0.6 is 0 Å². The summed E-state index contributed by atoms with van der Waals surface area (Å²) < 4.78 is 0. The van der Waals surface area contributed by atoms with Crippen LogP contribution in [0.25, 0.3) is 0 Å². The minimum absolute atomic E-state index is 1.11. The van der Waals surface area contributed by atoms with Crippen LogP contribution in [0, 0.1) is 23.7 Å². The molecule has 0 spiro atoms. The third-order valence-electron chi connectivity index (χ3n) is 6.92. The molecule has 4 bridgehead atoms. The highest BCUT2D eigenvalue weighted by molar-refractivity contribution is 4.82. The molecule has 116 valence electrons. The van der Waals surface area contributed by atoms with E-state index >= 15 is 0 Å². The zero-order valence-electron chi connectivity index (χ0n) is 13.6. The summed E-state index contributed by atoms with van der Waals surface area (Å²) in [5.74, 6) is 4.46. The number of fused-ring (bicyclic) bond motifs is 2. The molecule has 0 aliphatic heterocycles. The topological polar surface area (TPSA) is 0 Å². The van der Waals surface area contributed by atoms with Gasteiger partial charge in [-0.3, -0.25) is 0 Å². The quantitative estimate of drug-likeness (QED) is 0.460. The van der Waals surface area contributed by atoms with Gasteiger partial charge in [-0.1, -0.05) is 77.0 Å². The first-order valence-corrected chi connectivity index (χ1v) is 9.92. The van der Waals surface area contributed by atoms with Gasteiger partial charge in [-0.2, -0.15) is 0 Å². The van der Waals surface area contributed by atoms with E-state index < -0.39 is 0 Å². The first kappa shape index (κ1) is 14.9. The summed E-state index contributed by atoms with van der Waals surface area (Å²) in [5.41, 5.74) is 0. The lowest BCUT2D eigenvalue weighted by atomic mass is 9.68. The van der Waals surface area contributed by atoms with Crippen molar-refractivity contribution in [3.05, 3.63) is 0 Å². The lowest BCUT2D eigenvalue weighted by Gasteiger charge is -2.38. The Bertz CT molecular complexity index is 225. The van der Waals surface area contributed by atoms with Crippen LogP contribution in [-0.2, 0) is 0 Å². The molecule has 0 aromatic carbocycles. The van der Waals surface area contributed by atoms with Gasteiger partial charge in [0.15, 0.2) is 0 Å². The van der Waals surface area contributed by atoms with E-state index in [1.165, 1.54) is 38.5 Å². The predicted octanol–water partition coefficient (Wildman–Crippen LogP) is 6.73. The molecule has 5 aliphatic carbocycles. The van der Waals surface area contributed by atoms with Crippen molar-refractivity contribution in [2.45, 2.75) is 103 Å². The van der Waals surface area contributed by atoms with E-state index in [1.807, 2.05) is 0 Å². The van der Waals surface area contributed by atoms with Crippen LogP contribution in [0.1, 0.15) is 103 Å². The van der Waals surface area contributed by atoms with Crippen LogP contribution in [0.3, 0.4) is 0 Å². The Morgan fingerprint density at radius 1 is 0.300 bits per heavy atom. The first-order chi connectivity index (χ1) is 9.92. The molecule has 0 aromatic rings. The first-order valence-electron chi connectivity index (χ1n) is 9.92. The van der Waals surface area contributed by atoms with Gasteiger partial charge >= 0.3 is 0 Å². The molecule has 0 saturated heterocycles. The van der Waals surface area contributed by atoms with E-state index in [1.54, 1.807) is 64.2 Å². The average Bonchev–Trinajstić information content (AvgIpc) is 2.50. The standard InChI is InChI=1S/C20H36/c1-2-4-6-8-18-11-15-20(16-12-18)19-13-9-17(10-14-19)7-5-3-1/h17-20H,1-16H2. The van der Waals surface area contributed by atoms with Gasteiger partial charge in [-0.15, -0.1) is 0 Å². The summed E-state index contributed by atoms with van der Waals surface area (Å²) in [6, 6.07) is 0. The average molecular weight is 277 g/mol. The summed E-state index contributed by atoms with van der Waals surface area (Å²) >= 11 is 0. The molecular formula is C20H36. The Balaban J connectivity index is 1.52. The van der Waals surface area contributed by atoms with Crippen molar-refractivity contribution in [1.82, 2.24) is 0 Å². The summed E-state index contributed by atoms with van der Waals surface area (Å²) in [6.45, 7) is 0. The van der Waals surface area contributed by atoms with E-state index in [-0.39, 0.29) is 0 Å². The van der Waals surface area contributed by atoms with E-state index in [9.17, 15) is 0 Å². The molecule has 0 atom stereocenters. The second-order valence-electron chi connectivity index (χ2n) is 8.26. The Morgan fingerprint density at radius 3 is 1.05 bits per heavy atom. The molecule has 20 heavy (non-hydrogen) atoms. The van der Waals surface area contributed by atoms with Gasteiger partial charge in [0.1, 0.15) is 0 Å². The molecule has 5 fully saturated rings. The van der Waals surface area contributed by atoms with Crippen molar-refractivity contribution in [3.63, 3.8) is 0 Å². The molecule has 0 unspecified atom stereocenters. The highest BCUT2D eigenvalue weighted by Gasteiger charge is 2.30. The largest absolute Gasteiger partial charge is 0.0533 e. The van der Waals surface area contributed by atoms with Crippen LogP contribution in [0.4, 0.5) is 0 Å². The molecular weight excluding hydrogens is 240 g/mol. The second-order valence-corrected chi connectivity index (χ2v) is 8.26. The third kappa shape index (κ3) is 4.25. The fourth-order valence-electron chi connectivity index (χ4n) is 5.47. The maximum atomic E-state index is 1.58. The zero-order chi connectivity index (χ0) is 13.6. The van der Waals surface area contributed by atoms with Gasteiger partial charge in [0.05, 0.1) is 0 Å². The Morgan fingerprint density at radius 2 is 0.650 bits per heavy atom. The summed E-state index contributed by atoms with van der Waals surface area (Å²) in [7, 11) is 0. The molecule has 5 rings (SSSR count). The van der Waals surface area contributed by atoms with E-state index in [4.69, 9.17) is 0 Å². The molecule has 0 aromatic heterocycles. The van der Waals surface area contributed by atoms with Crippen molar-refractivity contribution in [3.8, 4) is 0 Å². The maximum Gasteiger partial charge on any atom is -0.0386 e. The monoisotopic (exact) mass is 276 g/mol. The predicted molar refractivity (Wildman–Crippen MR) is 87.8 cm³/mol. The van der Waals surface area contributed by atoms with Crippen molar-refractivity contribution in [1.29, 1.82) is 0 Å². The molecule has 5 aliphatic rings. The molecule has 0 nitrogen and oxygen atoms in total. The molecule has 0 radical (unpaired) electrons. The smallest absolute Gasteiger partial charge is 0.0386 e. The molecule has 0 heteroatoms. The minimum atomic E-state index is 1.11. The van der Waals surface area contributed by atoms with E-state index in [0.717, 1.165) is 23.7 Å². The lowest BCUT2D eigenvalue weighted by Crippen LogP contribution is -2.26. The number of hydrogen-bond acceptors (Lipinski definition) is 0. The fraction of sp³-hybridized carbons (Fsp3) is 1.00. The van der Waals surface area contributed by atoms with Crippen LogP contribution in [0.15, 0.2) is 0 Å². The minimum Gasteiger partial charge on any atom is -0.0533 e. The number of hydrogen-bond donors (Lipinski definition) is 0. The fourth-order valence-corrected chi connectivity index (χ4v) is 5.47. The van der Waals surface area contributed by atoms with E-state index in [0.29, 0.717) is 0 Å². The third-order valence-corrected chi connectivity index (χ3v) is 6.92. The van der Waals surface area contributed by atoms with Crippen LogP contribution < -0.4 is 0 Å². The molecule has 0 amide bonds. The molecule has 0 heterocycles. The summed E-state index contributed by atoms with van der Waals surface area (Å²) in [4.78, 5) is 0. The highest BCUT2D eigenvalue weighted by Crippen LogP contribution is 2.43. The SMILES string of the molecule is C1CCCCC2CCC(CC2)C2CCC(CCC1)CC2. The van der Waals surface area contributed by atoms with Crippen LogP contribution in [0.5, 0.6) is 0 Å². The van der Waals surface area contributed by atoms with Gasteiger partial charge in [-0.25, -0.2) is 0 Å². The number of rotatable bonds is 0. The Hall–Kier alpha value is 0. The summed E-state index contributed by atoms with van der Waals surface area (Å²) in [5, 5.41) is 0. The summed E-state index contributed by atoms with van der Waals surface area (Å²) in [6.07, 6.45) is 24.9. The van der Waals surface area contributed by atoms with Crippen molar-refractivity contribution in [2.24, 2.45) is 23.7 Å². The van der Waals surface area contributed by atoms with Gasteiger partial charge < -0.3 is 0 Å². The van der Waals surface area contributed by atoms with Gasteiger partial charge in [0.25, 0.3) is 0 Å². The van der Waals surface area contributed by atoms with Gasteiger partial charge in [0.2, 0.25) is 0 Å². The normalized spacial score (nSPS) is 40.8. The molecule has 5 saturated carbocycles. The Kier molecular flexibility index (Phi) is 5.86. The molecule has 0 N–H and O–H groups in total. The van der Waals surface area contributed by atoms with Crippen molar-refractivity contribution >= 4 is 0 Å². The Labute approximate surface area is 127 Å². The lowest BCUT2D eigenvalue weighted by molar-refractivity contribution is 0.138. The van der Waals surface area contributed by atoms with Gasteiger partial charge in [0, 0.05) is 0 Å². The van der Waals surface area contributed by atoms with Crippen molar-refractivity contribution < 1.29 is 0 Å². The van der Waals surface area contributed by atoms with Crippen molar-refractivity contribution in [2.75, 3.05) is 0 Å². The van der Waals surface area contributed by atoms with Gasteiger partial charge in [-0.05, 0) is 49.4 Å². The van der Waals surface area contributed by atoms with Crippen LogP contribution in [0.2, 0.25) is 0 Å². The highest BCUT2D eigenvalue weighted by atomic mass is 14.4. The van der Waals surface area contributed by atoms with Crippen LogP contribution in [-0.4, -0.2) is 0 Å².